The van der Waals surface area contributed by atoms with Crippen molar-refractivity contribution >= 4 is 23.7 Å². The lowest BCUT2D eigenvalue weighted by atomic mass is 10.1. The maximum atomic E-state index is 11.5. The van der Waals surface area contributed by atoms with Crippen molar-refractivity contribution in [2.24, 2.45) is 0 Å². The molecule has 2 heterocycles. The van der Waals surface area contributed by atoms with E-state index in [1.165, 1.54) is 0 Å². The molecular formula is C9H14N10O2. The normalized spacial score (nSPS) is 10.3. The van der Waals surface area contributed by atoms with Crippen molar-refractivity contribution in [2.45, 2.75) is 32.1 Å². The predicted molar refractivity (Wildman–Crippen MR) is 68.7 cm³/mol. The minimum absolute atomic E-state index is 0.152. The highest BCUT2D eigenvalue weighted by molar-refractivity contribution is 5.89. The summed E-state index contributed by atoms with van der Waals surface area (Å²) in [7, 11) is 0. The summed E-state index contributed by atoms with van der Waals surface area (Å²) in [5, 5.41) is 30.5. The first-order valence-corrected chi connectivity index (χ1v) is 6.30. The van der Waals surface area contributed by atoms with Crippen molar-refractivity contribution in [3.8, 4) is 0 Å². The Morgan fingerprint density at radius 2 is 1.29 bits per heavy atom. The van der Waals surface area contributed by atoms with Crippen molar-refractivity contribution in [1.82, 2.24) is 41.2 Å². The van der Waals surface area contributed by atoms with E-state index in [1.807, 2.05) is 0 Å². The molecule has 0 fully saturated rings. The van der Waals surface area contributed by atoms with Gasteiger partial charge < -0.3 is 0 Å². The summed E-state index contributed by atoms with van der Waals surface area (Å²) in [6.07, 6.45) is 2.75. The lowest BCUT2D eigenvalue weighted by molar-refractivity contribution is -0.116. The SMILES string of the molecule is O=C(CCCCCC(=O)Nc1nn[nH]n1)Nc1nn[nH]n1. The number of nitrogens with one attached hydrogen (secondary N) is 4. The molecule has 0 bridgehead atoms. The number of amides is 2. The number of hydrogen-bond acceptors (Lipinski definition) is 8. The molecule has 2 aromatic rings. The number of tetrazole rings is 2. The molecule has 4 N–H and O–H groups in total. The van der Waals surface area contributed by atoms with Crippen LogP contribution in [0.2, 0.25) is 0 Å². The molecule has 21 heavy (non-hydrogen) atoms. The Bertz CT molecular complexity index is 501. The molecule has 2 amide bonds. The predicted octanol–water partition coefficient (Wildman–Crippen LogP) is -0.760. The summed E-state index contributed by atoms with van der Waals surface area (Å²) >= 11 is 0. The number of rotatable bonds is 8. The standard InChI is InChI=1S/C9H14N10O2/c20-6(10-8-12-16-17-13-8)4-2-1-3-5-7(21)11-9-14-18-19-15-9/h1-5H2,(H2,10,12,13,16,17,20)(H2,11,14,15,18,19,21). The molecule has 2 aromatic heterocycles. The Hall–Kier alpha value is -2.92. The van der Waals surface area contributed by atoms with Crippen LogP contribution >= 0.6 is 0 Å². The zero-order valence-corrected chi connectivity index (χ0v) is 11.0. The summed E-state index contributed by atoms with van der Waals surface area (Å²) in [6.45, 7) is 0. The Morgan fingerprint density at radius 1 is 0.810 bits per heavy atom. The third kappa shape index (κ3) is 5.30. The van der Waals surface area contributed by atoms with Gasteiger partial charge in [-0.15, -0.1) is 10.2 Å². The van der Waals surface area contributed by atoms with Gasteiger partial charge in [-0.1, -0.05) is 16.6 Å². The summed E-state index contributed by atoms with van der Waals surface area (Å²) in [5.74, 6) is -0.0701. The lowest BCUT2D eigenvalue weighted by Gasteiger charge is -2.02. The summed E-state index contributed by atoms with van der Waals surface area (Å²) in [6, 6.07) is 0. The molecule has 2 rings (SSSR count). The average molecular weight is 294 g/mol. The second-order valence-electron chi connectivity index (χ2n) is 4.13. The Balaban J connectivity index is 1.51. The first kappa shape index (κ1) is 14.5. The molecule has 0 saturated heterocycles. The number of H-pyrrole nitrogens is 2. The van der Waals surface area contributed by atoms with Crippen molar-refractivity contribution < 1.29 is 9.59 Å². The highest BCUT2D eigenvalue weighted by Gasteiger charge is 2.07. The van der Waals surface area contributed by atoms with Gasteiger partial charge in [-0.2, -0.15) is 10.4 Å². The zero-order valence-electron chi connectivity index (χ0n) is 11.0. The van der Waals surface area contributed by atoms with E-state index in [1.54, 1.807) is 0 Å². The van der Waals surface area contributed by atoms with Crippen LogP contribution in [-0.4, -0.2) is 53.1 Å². The van der Waals surface area contributed by atoms with Crippen LogP contribution in [0.4, 0.5) is 11.9 Å². The van der Waals surface area contributed by atoms with Gasteiger partial charge in [-0.3, -0.25) is 20.2 Å². The van der Waals surface area contributed by atoms with Crippen LogP contribution in [0.15, 0.2) is 0 Å². The van der Waals surface area contributed by atoms with Gasteiger partial charge >= 0.3 is 0 Å². The Kier molecular flexibility index (Phi) is 5.25. The van der Waals surface area contributed by atoms with Crippen LogP contribution in [0, 0.1) is 0 Å². The van der Waals surface area contributed by atoms with Gasteiger partial charge in [-0.25, -0.2) is 0 Å². The quantitative estimate of drug-likeness (QED) is 0.461. The molecule has 0 radical (unpaired) electrons. The van der Waals surface area contributed by atoms with E-state index in [4.69, 9.17) is 0 Å². The van der Waals surface area contributed by atoms with Crippen LogP contribution in [0.1, 0.15) is 32.1 Å². The fourth-order valence-electron chi connectivity index (χ4n) is 1.55. The zero-order chi connectivity index (χ0) is 14.9. The van der Waals surface area contributed by atoms with E-state index < -0.39 is 0 Å². The number of anilines is 2. The molecule has 112 valence electrons. The van der Waals surface area contributed by atoms with Gasteiger partial charge in [0.1, 0.15) is 0 Å². The first-order chi connectivity index (χ1) is 10.2. The molecule has 0 saturated carbocycles. The van der Waals surface area contributed by atoms with Gasteiger partial charge in [-0.05, 0) is 23.3 Å². The number of hydrogen-bond donors (Lipinski definition) is 4. The van der Waals surface area contributed by atoms with Crippen molar-refractivity contribution in [1.29, 1.82) is 0 Å². The fraction of sp³-hybridized carbons (Fsp3) is 0.556. The second kappa shape index (κ2) is 7.62. The second-order valence-corrected chi connectivity index (χ2v) is 4.13. The smallest absolute Gasteiger partial charge is 0.269 e. The monoisotopic (exact) mass is 294 g/mol. The minimum atomic E-state index is -0.187. The third-order valence-electron chi connectivity index (χ3n) is 2.50. The Labute approximate surface area is 118 Å². The van der Waals surface area contributed by atoms with Gasteiger partial charge in [0.2, 0.25) is 11.8 Å². The highest BCUT2D eigenvalue weighted by Crippen LogP contribution is 2.05. The first-order valence-electron chi connectivity index (χ1n) is 6.30. The highest BCUT2D eigenvalue weighted by atomic mass is 16.2. The number of carbonyl (C=O) groups is 2. The molecule has 0 atom stereocenters. The van der Waals surface area contributed by atoms with Crippen LogP contribution in [0.5, 0.6) is 0 Å². The van der Waals surface area contributed by atoms with E-state index in [0.29, 0.717) is 25.7 Å². The number of carbonyl (C=O) groups excluding carboxylic acids is 2. The fourth-order valence-corrected chi connectivity index (χ4v) is 1.55. The van der Waals surface area contributed by atoms with Crippen molar-refractivity contribution in [3.63, 3.8) is 0 Å². The van der Waals surface area contributed by atoms with Gasteiger partial charge in [0, 0.05) is 12.8 Å². The lowest BCUT2D eigenvalue weighted by Crippen LogP contribution is -2.13. The third-order valence-corrected chi connectivity index (χ3v) is 2.50. The Morgan fingerprint density at radius 3 is 1.67 bits per heavy atom. The van der Waals surface area contributed by atoms with Crippen LogP contribution in [-0.2, 0) is 9.59 Å². The summed E-state index contributed by atoms with van der Waals surface area (Å²) in [5.41, 5.74) is 0. The molecule has 0 aliphatic rings. The van der Waals surface area contributed by atoms with E-state index in [9.17, 15) is 9.59 Å². The van der Waals surface area contributed by atoms with E-state index in [0.717, 1.165) is 6.42 Å². The van der Waals surface area contributed by atoms with E-state index in [2.05, 4.69) is 51.9 Å². The number of aromatic nitrogens is 8. The molecule has 12 heteroatoms. The van der Waals surface area contributed by atoms with E-state index in [-0.39, 0.29) is 23.7 Å². The van der Waals surface area contributed by atoms with Gasteiger partial charge in [0.25, 0.3) is 11.9 Å². The van der Waals surface area contributed by atoms with Gasteiger partial charge in [0.05, 0.1) is 0 Å². The van der Waals surface area contributed by atoms with Gasteiger partial charge in [0.15, 0.2) is 0 Å². The topological polar surface area (TPSA) is 167 Å². The minimum Gasteiger partial charge on any atom is -0.292 e. The number of nitrogens with zero attached hydrogens (tertiary/aromatic N) is 6. The molecule has 0 aromatic carbocycles. The number of unbranched alkanes of at least 4 members (excludes halogenated alkanes) is 2. The van der Waals surface area contributed by atoms with Crippen molar-refractivity contribution in [2.75, 3.05) is 10.6 Å². The largest absolute Gasteiger partial charge is 0.292 e. The molecule has 0 aliphatic heterocycles. The molecule has 0 unspecified atom stereocenters. The average Bonchev–Trinajstić information content (AvgIpc) is 3.12. The van der Waals surface area contributed by atoms with Crippen LogP contribution in [0.3, 0.4) is 0 Å². The van der Waals surface area contributed by atoms with Crippen LogP contribution < -0.4 is 10.6 Å². The van der Waals surface area contributed by atoms with Crippen molar-refractivity contribution in [3.05, 3.63) is 0 Å². The maximum Gasteiger partial charge on any atom is 0.269 e. The molecule has 12 nitrogen and oxygen atoms in total. The van der Waals surface area contributed by atoms with E-state index >= 15 is 0 Å². The van der Waals surface area contributed by atoms with Crippen LogP contribution in [0.25, 0.3) is 0 Å². The molecule has 0 aliphatic carbocycles. The summed E-state index contributed by atoms with van der Waals surface area (Å²) < 4.78 is 0. The maximum absolute atomic E-state index is 11.5. The molecule has 0 spiro atoms. The number of aromatic amines is 2. The summed E-state index contributed by atoms with van der Waals surface area (Å²) in [4.78, 5) is 23.0. The molecular weight excluding hydrogens is 280 g/mol.